The Bertz CT molecular complexity index is 1390. The third-order valence-electron chi connectivity index (χ3n) is 5.17. The second kappa shape index (κ2) is 8.73. The summed E-state index contributed by atoms with van der Waals surface area (Å²) in [5.74, 6) is -0.178. The third-order valence-corrected chi connectivity index (χ3v) is 5.66. The highest BCUT2D eigenvalue weighted by Crippen LogP contribution is 2.13. The van der Waals surface area contributed by atoms with Crippen molar-refractivity contribution in [3.63, 3.8) is 0 Å². The van der Waals surface area contributed by atoms with Crippen molar-refractivity contribution < 1.29 is 4.79 Å². The highest BCUT2D eigenvalue weighted by Gasteiger charge is 2.11. The Balaban J connectivity index is 1.54. The number of amides is 1. The summed E-state index contributed by atoms with van der Waals surface area (Å²) in [5.41, 5.74) is 2.58. The van der Waals surface area contributed by atoms with Crippen molar-refractivity contribution in [3.8, 4) is 0 Å². The molecular formula is C24H20BrN3O3. The van der Waals surface area contributed by atoms with Gasteiger partial charge in [0.05, 0.1) is 17.6 Å². The predicted octanol–water partition coefficient (Wildman–Crippen LogP) is 3.44. The first kappa shape index (κ1) is 20.8. The maximum Gasteiger partial charge on any atom is 0.317 e. The first-order chi connectivity index (χ1) is 14.9. The normalized spacial score (nSPS) is 10.9. The van der Waals surface area contributed by atoms with Gasteiger partial charge in [-0.15, -0.1) is 0 Å². The molecule has 6 nitrogen and oxygen atoms in total. The Kier molecular flexibility index (Phi) is 5.86. The number of hydrogen-bond acceptors (Lipinski definition) is 3. The van der Waals surface area contributed by atoms with Gasteiger partial charge in [-0.25, -0.2) is 0 Å². The molecule has 0 atom stereocenters. The highest BCUT2D eigenvalue weighted by atomic mass is 79.9. The molecule has 0 aliphatic heterocycles. The Hall–Kier alpha value is -3.45. The molecule has 0 bridgehead atoms. The van der Waals surface area contributed by atoms with Gasteiger partial charge >= 0.3 is 11.1 Å². The lowest BCUT2D eigenvalue weighted by Crippen LogP contribution is -2.40. The molecule has 0 saturated heterocycles. The molecule has 0 aliphatic rings. The molecule has 31 heavy (non-hydrogen) atoms. The minimum Gasteiger partial charge on any atom is -0.348 e. The second-order valence-corrected chi connectivity index (χ2v) is 8.17. The fourth-order valence-corrected chi connectivity index (χ4v) is 3.93. The van der Waals surface area contributed by atoms with Crippen LogP contribution in [-0.2, 0) is 20.1 Å². The van der Waals surface area contributed by atoms with Gasteiger partial charge in [-0.05, 0) is 47.5 Å². The van der Waals surface area contributed by atoms with E-state index in [4.69, 9.17) is 0 Å². The van der Waals surface area contributed by atoms with E-state index in [1.807, 2.05) is 48.5 Å². The summed E-state index contributed by atoms with van der Waals surface area (Å²) in [6, 6.07) is 22.1. The molecule has 0 aliphatic carbocycles. The smallest absolute Gasteiger partial charge is 0.317 e. The van der Waals surface area contributed by atoms with Crippen molar-refractivity contribution in [2.45, 2.75) is 13.1 Å². The summed E-state index contributed by atoms with van der Waals surface area (Å²) in [6.45, 7) is 0.671. The topological polar surface area (TPSA) is 73.1 Å². The Labute approximate surface area is 186 Å². The van der Waals surface area contributed by atoms with Crippen LogP contribution in [0, 0.1) is 0 Å². The number of fused-ring (bicyclic) bond motifs is 1. The molecular weight excluding hydrogens is 458 g/mol. The van der Waals surface area contributed by atoms with Gasteiger partial charge in [-0.1, -0.05) is 52.3 Å². The third kappa shape index (κ3) is 4.36. The summed E-state index contributed by atoms with van der Waals surface area (Å²) >= 11 is 3.42. The van der Waals surface area contributed by atoms with E-state index < -0.39 is 11.1 Å². The van der Waals surface area contributed by atoms with Crippen LogP contribution in [0.5, 0.6) is 0 Å². The number of nitrogens with zero attached hydrogens (tertiary/aromatic N) is 2. The monoisotopic (exact) mass is 477 g/mol. The Morgan fingerprint density at radius 2 is 1.58 bits per heavy atom. The van der Waals surface area contributed by atoms with E-state index >= 15 is 0 Å². The number of nitrogens with one attached hydrogen (secondary N) is 1. The molecule has 0 fully saturated rings. The van der Waals surface area contributed by atoms with Crippen LogP contribution in [0.25, 0.3) is 11.0 Å². The van der Waals surface area contributed by atoms with Gasteiger partial charge in [0.2, 0.25) is 0 Å². The summed E-state index contributed by atoms with van der Waals surface area (Å²) in [7, 11) is 1.60. The van der Waals surface area contributed by atoms with Crippen molar-refractivity contribution in [1.82, 2.24) is 14.5 Å². The van der Waals surface area contributed by atoms with Crippen LogP contribution < -0.4 is 16.4 Å². The van der Waals surface area contributed by atoms with Gasteiger partial charge in [0, 0.05) is 23.6 Å². The molecule has 3 aromatic carbocycles. The minimum atomic E-state index is -0.572. The summed E-state index contributed by atoms with van der Waals surface area (Å²) in [6.07, 6.45) is 0. The molecule has 1 aromatic heterocycles. The quantitative estimate of drug-likeness (QED) is 0.447. The molecule has 0 spiro atoms. The number of aromatic nitrogens is 2. The lowest BCUT2D eigenvalue weighted by molar-refractivity contribution is 0.0951. The van der Waals surface area contributed by atoms with E-state index in [0.29, 0.717) is 23.1 Å². The van der Waals surface area contributed by atoms with Crippen LogP contribution in [-0.4, -0.2) is 15.0 Å². The van der Waals surface area contributed by atoms with E-state index in [-0.39, 0.29) is 12.5 Å². The van der Waals surface area contributed by atoms with Crippen molar-refractivity contribution in [3.05, 3.63) is 115 Å². The number of carbonyl (C=O) groups excluding carboxylic acids is 1. The van der Waals surface area contributed by atoms with Gasteiger partial charge in [0.25, 0.3) is 5.91 Å². The zero-order chi connectivity index (χ0) is 22.0. The van der Waals surface area contributed by atoms with E-state index in [1.165, 1.54) is 9.13 Å². The van der Waals surface area contributed by atoms with Crippen molar-refractivity contribution in [2.24, 2.45) is 7.05 Å². The molecule has 1 N–H and O–H groups in total. The molecule has 7 heteroatoms. The lowest BCUT2D eigenvalue weighted by atomic mass is 10.1. The molecule has 1 amide bonds. The fourth-order valence-electron chi connectivity index (χ4n) is 3.49. The largest absolute Gasteiger partial charge is 0.348 e. The average molecular weight is 478 g/mol. The van der Waals surface area contributed by atoms with E-state index in [1.54, 1.807) is 31.3 Å². The highest BCUT2D eigenvalue weighted by molar-refractivity contribution is 9.10. The molecule has 156 valence electrons. The Morgan fingerprint density at radius 1 is 0.871 bits per heavy atom. The number of benzene rings is 3. The van der Waals surface area contributed by atoms with Gasteiger partial charge in [-0.3, -0.25) is 19.0 Å². The van der Waals surface area contributed by atoms with Crippen LogP contribution in [0.15, 0.2) is 86.9 Å². The number of halogens is 1. The van der Waals surface area contributed by atoms with E-state index in [0.717, 1.165) is 15.6 Å². The number of rotatable bonds is 5. The van der Waals surface area contributed by atoms with Gasteiger partial charge < -0.3 is 9.88 Å². The van der Waals surface area contributed by atoms with E-state index in [2.05, 4.69) is 21.2 Å². The molecule has 4 aromatic rings. The molecule has 0 unspecified atom stereocenters. The fraction of sp³-hybridized carbons (Fsp3) is 0.125. The number of carbonyl (C=O) groups is 1. The van der Waals surface area contributed by atoms with Crippen LogP contribution in [0.4, 0.5) is 0 Å². The lowest BCUT2D eigenvalue weighted by Gasteiger charge is -2.13. The summed E-state index contributed by atoms with van der Waals surface area (Å²) in [4.78, 5) is 37.4. The van der Waals surface area contributed by atoms with Crippen LogP contribution in [0.3, 0.4) is 0 Å². The van der Waals surface area contributed by atoms with Gasteiger partial charge in [0.15, 0.2) is 0 Å². The summed E-state index contributed by atoms with van der Waals surface area (Å²) in [5, 5.41) is 2.90. The van der Waals surface area contributed by atoms with Crippen LogP contribution >= 0.6 is 15.9 Å². The minimum absolute atomic E-state index is 0.178. The van der Waals surface area contributed by atoms with Crippen LogP contribution in [0.1, 0.15) is 21.5 Å². The number of hydrogen-bond donors (Lipinski definition) is 1. The Morgan fingerprint density at radius 3 is 2.29 bits per heavy atom. The first-order valence-corrected chi connectivity index (χ1v) is 10.5. The molecule has 1 heterocycles. The molecule has 0 radical (unpaired) electrons. The van der Waals surface area contributed by atoms with E-state index in [9.17, 15) is 14.4 Å². The van der Waals surface area contributed by atoms with Crippen molar-refractivity contribution in [2.75, 3.05) is 0 Å². The summed E-state index contributed by atoms with van der Waals surface area (Å²) < 4.78 is 3.80. The van der Waals surface area contributed by atoms with Crippen LogP contribution in [0.2, 0.25) is 0 Å². The number of para-hydroxylation sites is 2. The van der Waals surface area contributed by atoms with Gasteiger partial charge in [0.1, 0.15) is 0 Å². The van der Waals surface area contributed by atoms with Crippen molar-refractivity contribution >= 4 is 32.9 Å². The van der Waals surface area contributed by atoms with Gasteiger partial charge in [-0.2, -0.15) is 0 Å². The predicted molar refractivity (Wildman–Crippen MR) is 124 cm³/mol. The zero-order valence-corrected chi connectivity index (χ0v) is 18.4. The second-order valence-electron chi connectivity index (χ2n) is 7.25. The first-order valence-electron chi connectivity index (χ1n) is 9.74. The maximum absolute atomic E-state index is 12.6. The maximum atomic E-state index is 12.6. The zero-order valence-electron chi connectivity index (χ0n) is 16.8. The van der Waals surface area contributed by atoms with Crippen molar-refractivity contribution in [1.29, 1.82) is 0 Å². The molecule has 0 saturated carbocycles. The SMILES string of the molecule is Cn1c(=O)c(=O)n(Cc2ccc(C(=O)NCc3cccc(Br)c3)cc2)c2ccccc21. The molecule has 4 rings (SSSR count). The number of aryl methyl sites for hydroxylation is 1. The standard InChI is InChI=1S/C24H20BrN3O3/c1-27-20-7-2-3-8-21(20)28(24(31)23(27)30)15-16-9-11-18(12-10-16)22(29)26-14-17-5-4-6-19(25)13-17/h2-13H,14-15H2,1H3,(H,26,29). The average Bonchev–Trinajstić information content (AvgIpc) is 2.79.